The number of hydrogen-bond donors (Lipinski definition) is 6. The molecule has 0 bridgehead atoms. The summed E-state index contributed by atoms with van der Waals surface area (Å²) in [4.78, 5) is 75.5. The summed E-state index contributed by atoms with van der Waals surface area (Å²) in [6.07, 6.45) is 0.176. The summed E-state index contributed by atoms with van der Waals surface area (Å²) in [6.45, 7) is -3.11. The van der Waals surface area contributed by atoms with E-state index in [-0.39, 0.29) is 37.4 Å². The summed E-state index contributed by atoms with van der Waals surface area (Å²) in [7, 11) is 1.40. The van der Waals surface area contributed by atoms with Crippen molar-refractivity contribution in [2.45, 2.75) is 6.42 Å². The molecule has 0 aromatic heterocycles. The van der Waals surface area contributed by atoms with Gasteiger partial charge in [-0.25, -0.2) is 0 Å². The number of hydrogen-bond acceptors (Lipinski definition) is 11. The molecule has 1 amide bonds. The Kier molecular flexibility index (Phi) is 17.0. The van der Waals surface area contributed by atoms with Crippen molar-refractivity contribution in [2.24, 2.45) is 0 Å². The van der Waals surface area contributed by atoms with E-state index in [0.29, 0.717) is 11.4 Å². The van der Waals surface area contributed by atoms with E-state index in [4.69, 9.17) is 3.50 Å². The van der Waals surface area contributed by atoms with Crippen LogP contribution in [0, 0.1) is 0 Å². The number of nitrogens with zero attached hydrogens (tertiary/aromatic N) is 4. The van der Waals surface area contributed by atoms with Crippen LogP contribution in [0.4, 0.5) is 22.7 Å². The van der Waals surface area contributed by atoms with Crippen LogP contribution >= 0.6 is 0 Å². The number of nitrogens with one attached hydrogen (secondary N) is 1. The quantitative estimate of drug-likeness (QED) is 0.105. The van der Waals surface area contributed by atoms with Crippen LogP contribution in [-0.4, -0.2) is 121 Å². The van der Waals surface area contributed by atoms with E-state index in [1.807, 2.05) is 0 Å². The number of likely N-dealkylation sites (N-methyl/N-ethyl adjacent to an activating group) is 1. The van der Waals surface area contributed by atoms with Gasteiger partial charge in [-0.05, 0) is 30.7 Å². The zero-order valence-corrected chi connectivity index (χ0v) is 26.6. The monoisotopic (exact) mass is 730 g/mol. The van der Waals surface area contributed by atoms with Crippen molar-refractivity contribution in [1.29, 1.82) is 0 Å². The molecule has 0 radical (unpaired) electrons. The Bertz CT molecular complexity index is 1360. The maximum atomic E-state index is 12.1. The molecule has 0 spiro atoms. The second-order valence-corrected chi connectivity index (χ2v) is 9.53. The topological polar surface area (TPSA) is 246 Å². The van der Waals surface area contributed by atoms with Crippen molar-refractivity contribution in [2.75, 3.05) is 79.0 Å². The fraction of sp³-hybridized carbons (Fsp3) is 0.357. The molecule has 6 N–H and O–H groups in total. The van der Waals surface area contributed by atoms with Crippen molar-refractivity contribution in [3.8, 4) is 0 Å². The van der Waals surface area contributed by atoms with Crippen molar-refractivity contribution in [1.82, 2.24) is 5.32 Å². The molecule has 0 heterocycles. The molecule has 0 unspecified atom stereocenters. The zero-order chi connectivity index (χ0) is 34.8. The summed E-state index contributed by atoms with van der Waals surface area (Å²) in [5.74, 6) is -6.66. The predicted octanol–water partition coefficient (Wildman–Crippen LogP) is 0.0502. The summed E-state index contributed by atoms with van der Waals surface area (Å²) in [5, 5.41) is 49.8. The van der Waals surface area contributed by atoms with Crippen LogP contribution in [-0.2, 0) is 51.1 Å². The van der Waals surface area contributed by atoms with E-state index in [1.54, 1.807) is 36.4 Å². The van der Waals surface area contributed by atoms with Crippen LogP contribution in [0.25, 0.3) is 0 Å². The van der Waals surface area contributed by atoms with Crippen LogP contribution in [0.5, 0.6) is 0 Å². The molecule has 0 fully saturated rings. The van der Waals surface area contributed by atoms with Crippen LogP contribution in [0.3, 0.4) is 0 Å². The number of benzene rings is 2. The number of amides is 1. The second-order valence-electron chi connectivity index (χ2n) is 9.53. The average Bonchev–Trinajstić information content (AvgIpc) is 2.99. The molecule has 46 heavy (non-hydrogen) atoms. The molecular weight excluding hydrogens is 696 g/mol. The Labute approximate surface area is 274 Å². The Morgan fingerprint density at radius 3 is 1.07 bits per heavy atom. The third-order valence-corrected chi connectivity index (χ3v) is 6.23. The SMILES string of the molecule is CNC(=O)CN(CC(=O)O)c1ccccc1N(CCCN(CC(=O)O)c1ccccc1N(CC(=O)O)CC(=O)O)CC(=O)O.[O]=[Tc]. The number of anilines is 4. The van der Waals surface area contributed by atoms with Crippen LogP contribution < -0.4 is 24.9 Å². The number of rotatable bonds is 20. The third-order valence-electron chi connectivity index (χ3n) is 6.23. The van der Waals surface area contributed by atoms with Crippen molar-refractivity contribution in [3.05, 3.63) is 48.5 Å². The normalized spacial score (nSPS) is 10.0. The van der Waals surface area contributed by atoms with E-state index in [9.17, 15) is 54.3 Å². The van der Waals surface area contributed by atoms with Gasteiger partial charge in [0.15, 0.2) is 0 Å². The summed E-state index contributed by atoms with van der Waals surface area (Å²) in [6, 6.07) is 12.5. The fourth-order valence-corrected chi connectivity index (χ4v) is 4.54. The van der Waals surface area contributed by atoms with Gasteiger partial charge in [-0.3, -0.25) is 28.8 Å². The standard InChI is InChI=1S/C28H35N5O11.O.Tc/c1-29-23(34)13-32(16-26(39)40)21-9-4-2-7-19(21)30(14-24(35)36)11-6-12-31(15-25(37)38)20-8-3-5-10-22(20)33(17-27(41)42)18-28(43)44;;/h2-5,7-10H,6,11-18H2,1H3,(H,29,34)(H,35,36)(H,37,38)(H,39,40)(H,41,42)(H,43,44);;. The van der Waals surface area contributed by atoms with Crippen LogP contribution in [0.1, 0.15) is 6.42 Å². The number of carboxylic acid groups (broad SMARTS) is 5. The van der Waals surface area contributed by atoms with Gasteiger partial charge in [0.2, 0.25) is 5.91 Å². The van der Waals surface area contributed by atoms with Gasteiger partial charge in [-0.15, -0.1) is 0 Å². The summed E-state index contributed by atoms with van der Waals surface area (Å²) < 4.78 is 8.22. The second kappa shape index (κ2) is 20.0. The summed E-state index contributed by atoms with van der Waals surface area (Å²) >= 11 is 0.900. The number of carbonyl (C=O) groups is 6. The first kappa shape index (κ1) is 38.9. The minimum atomic E-state index is -1.29. The molecule has 0 saturated heterocycles. The van der Waals surface area contributed by atoms with Gasteiger partial charge >= 0.3 is 52.2 Å². The molecule has 0 aliphatic carbocycles. The molecule has 2 aromatic carbocycles. The first-order valence-corrected chi connectivity index (χ1v) is 14.2. The summed E-state index contributed by atoms with van der Waals surface area (Å²) in [5.41, 5.74) is 1.08. The Morgan fingerprint density at radius 1 is 0.522 bits per heavy atom. The minimum absolute atomic E-state index is 0.0344. The molecule has 251 valence electrons. The van der Waals surface area contributed by atoms with E-state index in [1.165, 1.54) is 33.9 Å². The average molecular weight is 732 g/mol. The van der Waals surface area contributed by atoms with Crippen molar-refractivity contribution < 1.29 is 76.7 Å². The molecule has 17 nitrogen and oxygen atoms in total. The van der Waals surface area contributed by atoms with Gasteiger partial charge < -0.3 is 50.4 Å². The van der Waals surface area contributed by atoms with Crippen molar-refractivity contribution in [3.63, 3.8) is 0 Å². The van der Waals surface area contributed by atoms with E-state index in [0.717, 1.165) is 23.8 Å². The maximum absolute atomic E-state index is 12.1. The van der Waals surface area contributed by atoms with E-state index in [2.05, 4.69) is 5.32 Å². The van der Waals surface area contributed by atoms with E-state index >= 15 is 0 Å². The fourth-order valence-electron chi connectivity index (χ4n) is 4.54. The molecule has 0 atom stereocenters. The first-order chi connectivity index (χ1) is 21.8. The molecule has 0 aliphatic heterocycles. The Balaban J connectivity index is 0.00000518. The third kappa shape index (κ3) is 13.3. The van der Waals surface area contributed by atoms with Gasteiger partial charge in [-0.2, -0.15) is 0 Å². The zero-order valence-electron chi connectivity index (χ0n) is 24.7. The predicted molar refractivity (Wildman–Crippen MR) is 159 cm³/mol. The Hall–Kier alpha value is -5.09. The van der Waals surface area contributed by atoms with Crippen molar-refractivity contribution >= 4 is 58.5 Å². The molecule has 0 aliphatic rings. The number of aliphatic carboxylic acids is 5. The van der Waals surface area contributed by atoms with Crippen LogP contribution in [0.15, 0.2) is 48.5 Å². The molecular formula is C28H35N5O12Tc. The van der Waals surface area contributed by atoms with Gasteiger partial charge in [0, 0.05) is 20.1 Å². The molecule has 2 rings (SSSR count). The van der Waals surface area contributed by atoms with Crippen LogP contribution in [0.2, 0.25) is 0 Å². The van der Waals surface area contributed by atoms with Gasteiger partial charge in [-0.1, -0.05) is 24.3 Å². The Morgan fingerprint density at radius 2 is 0.783 bits per heavy atom. The van der Waals surface area contributed by atoms with Gasteiger partial charge in [0.25, 0.3) is 0 Å². The van der Waals surface area contributed by atoms with Gasteiger partial charge in [0.05, 0.1) is 29.3 Å². The molecule has 2 aromatic rings. The first-order valence-electron chi connectivity index (χ1n) is 13.4. The van der Waals surface area contributed by atoms with E-state index < -0.39 is 68.5 Å². The number of carboxylic acids is 5. The van der Waals surface area contributed by atoms with Gasteiger partial charge in [0.1, 0.15) is 32.7 Å². The number of carbonyl (C=O) groups excluding carboxylic acids is 1. The number of para-hydroxylation sites is 4. The molecule has 18 heteroatoms. The molecule has 0 saturated carbocycles.